The highest BCUT2D eigenvalue weighted by molar-refractivity contribution is 5.74. The molecular weight excluding hydrogens is 391 g/mol. The molecule has 2 heterocycles. The first-order valence-corrected chi connectivity index (χ1v) is 9.99. The molecule has 1 aromatic carbocycles. The van der Waals surface area contributed by atoms with E-state index in [1.54, 1.807) is 17.0 Å². The average molecular weight is 418 g/mol. The fraction of sp³-hybridized carbons (Fsp3) is 0.500. The molecule has 1 aliphatic heterocycles. The third-order valence-corrected chi connectivity index (χ3v) is 4.96. The molecule has 1 amide bonds. The molecule has 162 valence electrons. The van der Waals surface area contributed by atoms with Crippen molar-refractivity contribution in [2.45, 2.75) is 52.7 Å². The van der Waals surface area contributed by atoms with Crippen LogP contribution in [0.2, 0.25) is 0 Å². The van der Waals surface area contributed by atoms with E-state index in [0.717, 1.165) is 5.56 Å². The summed E-state index contributed by atoms with van der Waals surface area (Å²) >= 11 is 0. The minimum absolute atomic E-state index is 0.00163. The van der Waals surface area contributed by atoms with Crippen molar-refractivity contribution in [3.8, 4) is 11.3 Å². The molecule has 0 bridgehead atoms. The summed E-state index contributed by atoms with van der Waals surface area (Å²) in [5.74, 6) is -0.397. The maximum atomic E-state index is 13.1. The van der Waals surface area contributed by atoms with Crippen LogP contribution >= 0.6 is 0 Å². The normalized spacial score (nSPS) is 15.2. The van der Waals surface area contributed by atoms with E-state index < -0.39 is 5.60 Å². The monoisotopic (exact) mass is 418 g/mol. The Kier molecular flexibility index (Phi) is 6.43. The Hall–Kier alpha value is -2.90. The molecular formula is C22H27FN2O5. The second-order valence-electron chi connectivity index (χ2n) is 8.44. The number of nitrogens with zero attached hydrogens (tertiary/aromatic N) is 2. The van der Waals surface area contributed by atoms with Crippen molar-refractivity contribution in [3.05, 3.63) is 41.3 Å². The highest BCUT2D eigenvalue weighted by atomic mass is 19.1. The largest absolute Gasteiger partial charge is 0.459 e. The van der Waals surface area contributed by atoms with Crippen molar-refractivity contribution in [2.75, 3.05) is 13.1 Å². The summed E-state index contributed by atoms with van der Waals surface area (Å²) < 4.78 is 29.3. The molecule has 0 saturated carbocycles. The van der Waals surface area contributed by atoms with Crippen molar-refractivity contribution >= 4 is 12.1 Å². The number of likely N-dealkylation sites (tertiary alicyclic amines) is 1. The van der Waals surface area contributed by atoms with Crippen LogP contribution in [0.25, 0.3) is 11.3 Å². The third-order valence-electron chi connectivity index (χ3n) is 4.96. The van der Waals surface area contributed by atoms with Crippen molar-refractivity contribution in [1.29, 1.82) is 0 Å². The van der Waals surface area contributed by atoms with Crippen LogP contribution in [0.5, 0.6) is 0 Å². The SMILES string of the molecule is Cc1c(COC(=O)C2CCN(C(=O)OC(C)(C)C)CC2)noc1-c1ccc(F)cc1. The van der Waals surface area contributed by atoms with E-state index in [4.69, 9.17) is 14.0 Å². The number of esters is 1. The predicted molar refractivity (Wildman–Crippen MR) is 107 cm³/mol. The van der Waals surface area contributed by atoms with Crippen LogP contribution in [0.15, 0.2) is 28.8 Å². The number of aromatic nitrogens is 1. The Morgan fingerprint density at radius 2 is 1.83 bits per heavy atom. The lowest BCUT2D eigenvalue weighted by molar-refractivity contribution is -0.151. The van der Waals surface area contributed by atoms with Crippen molar-refractivity contribution in [2.24, 2.45) is 5.92 Å². The van der Waals surface area contributed by atoms with Crippen LogP contribution in [0.1, 0.15) is 44.9 Å². The summed E-state index contributed by atoms with van der Waals surface area (Å²) in [6.07, 6.45) is 0.689. The first-order valence-electron chi connectivity index (χ1n) is 9.99. The van der Waals surface area contributed by atoms with Gasteiger partial charge in [-0.1, -0.05) is 5.16 Å². The second kappa shape index (κ2) is 8.85. The van der Waals surface area contributed by atoms with Gasteiger partial charge in [0, 0.05) is 24.2 Å². The Morgan fingerprint density at radius 1 is 1.20 bits per heavy atom. The molecule has 0 N–H and O–H groups in total. The highest BCUT2D eigenvalue weighted by Crippen LogP contribution is 2.27. The minimum Gasteiger partial charge on any atom is -0.459 e. The topological polar surface area (TPSA) is 81.9 Å². The van der Waals surface area contributed by atoms with Gasteiger partial charge in [-0.2, -0.15) is 0 Å². The first kappa shape index (κ1) is 21.8. The fourth-order valence-electron chi connectivity index (χ4n) is 3.26. The van der Waals surface area contributed by atoms with Gasteiger partial charge < -0.3 is 18.9 Å². The Labute approximate surface area is 175 Å². The second-order valence-corrected chi connectivity index (χ2v) is 8.44. The molecule has 0 atom stereocenters. The number of ether oxygens (including phenoxy) is 2. The summed E-state index contributed by atoms with van der Waals surface area (Å²) in [6, 6.07) is 5.91. The van der Waals surface area contributed by atoms with E-state index in [1.165, 1.54) is 12.1 Å². The van der Waals surface area contributed by atoms with Gasteiger partial charge in [-0.3, -0.25) is 4.79 Å². The molecule has 0 spiro atoms. The van der Waals surface area contributed by atoms with Crippen LogP contribution in [0.4, 0.5) is 9.18 Å². The van der Waals surface area contributed by atoms with E-state index in [2.05, 4.69) is 5.16 Å². The number of hydrogen-bond acceptors (Lipinski definition) is 6. The Balaban J connectivity index is 1.51. The number of hydrogen-bond donors (Lipinski definition) is 0. The van der Waals surface area contributed by atoms with Gasteiger partial charge in [0.2, 0.25) is 0 Å². The molecule has 0 radical (unpaired) electrons. The fourth-order valence-corrected chi connectivity index (χ4v) is 3.26. The number of halogens is 1. The van der Waals surface area contributed by atoms with Crippen LogP contribution in [0, 0.1) is 18.7 Å². The molecule has 3 rings (SSSR count). The van der Waals surface area contributed by atoms with Gasteiger partial charge in [0.25, 0.3) is 0 Å². The van der Waals surface area contributed by atoms with Crippen molar-refractivity contribution < 1.29 is 28.0 Å². The maximum Gasteiger partial charge on any atom is 0.410 e. The molecule has 1 aliphatic rings. The van der Waals surface area contributed by atoms with E-state index >= 15 is 0 Å². The van der Waals surface area contributed by atoms with Gasteiger partial charge in [0.15, 0.2) is 5.76 Å². The van der Waals surface area contributed by atoms with Gasteiger partial charge >= 0.3 is 12.1 Å². The van der Waals surface area contributed by atoms with Gasteiger partial charge in [-0.15, -0.1) is 0 Å². The summed E-state index contributed by atoms with van der Waals surface area (Å²) in [5.41, 5.74) is 1.42. The quantitative estimate of drug-likeness (QED) is 0.681. The van der Waals surface area contributed by atoms with E-state index in [-0.39, 0.29) is 30.4 Å². The van der Waals surface area contributed by atoms with Crippen LogP contribution < -0.4 is 0 Å². The number of carbonyl (C=O) groups excluding carboxylic acids is 2. The average Bonchev–Trinajstić information content (AvgIpc) is 3.06. The molecule has 30 heavy (non-hydrogen) atoms. The van der Waals surface area contributed by atoms with Crippen LogP contribution in [-0.4, -0.2) is 40.8 Å². The zero-order valence-corrected chi connectivity index (χ0v) is 17.7. The van der Waals surface area contributed by atoms with E-state index in [1.807, 2.05) is 27.7 Å². The Morgan fingerprint density at radius 3 is 2.43 bits per heavy atom. The highest BCUT2D eigenvalue weighted by Gasteiger charge is 2.31. The van der Waals surface area contributed by atoms with Crippen LogP contribution in [0.3, 0.4) is 0 Å². The lowest BCUT2D eigenvalue weighted by atomic mass is 9.97. The van der Waals surface area contributed by atoms with Gasteiger partial charge in [-0.25, -0.2) is 9.18 Å². The molecule has 8 heteroatoms. The molecule has 1 fully saturated rings. The minimum atomic E-state index is -0.547. The summed E-state index contributed by atoms with van der Waals surface area (Å²) in [6.45, 7) is 8.19. The zero-order valence-electron chi connectivity index (χ0n) is 17.7. The van der Waals surface area contributed by atoms with Gasteiger partial charge in [0.1, 0.15) is 23.7 Å². The lowest BCUT2D eigenvalue weighted by Gasteiger charge is -2.32. The van der Waals surface area contributed by atoms with E-state index in [0.29, 0.717) is 42.9 Å². The molecule has 0 aliphatic carbocycles. The van der Waals surface area contributed by atoms with Gasteiger partial charge in [0.05, 0.1) is 5.92 Å². The standard InChI is InChI=1S/C22H27FN2O5/c1-14-18(24-30-19(14)15-5-7-17(23)8-6-15)13-28-20(26)16-9-11-25(12-10-16)21(27)29-22(2,3)4/h5-8,16H,9-13H2,1-4H3. The molecule has 1 saturated heterocycles. The molecule has 0 unspecified atom stereocenters. The molecule has 7 nitrogen and oxygen atoms in total. The molecule has 1 aromatic heterocycles. The maximum absolute atomic E-state index is 13.1. The van der Waals surface area contributed by atoms with E-state index in [9.17, 15) is 14.0 Å². The number of rotatable bonds is 4. The number of piperidine rings is 1. The first-order chi connectivity index (χ1) is 14.1. The predicted octanol–water partition coefficient (Wildman–Crippen LogP) is 4.48. The number of carbonyl (C=O) groups is 2. The lowest BCUT2D eigenvalue weighted by Crippen LogP contribution is -2.43. The van der Waals surface area contributed by atoms with Gasteiger partial charge in [-0.05, 0) is 64.8 Å². The third kappa shape index (κ3) is 5.37. The number of benzene rings is 1. The summed E-state index contributed by atoms with van der Waals surface area (Å²) in [5, 5.41) is 3.99. The van der Waals surface area contributed by atoms with Crippen molar-refractivity contribution in [1.82, 2.24) is 10.1 Å². The molecule has 2 aromatic rings. The summed E-state index contributed by atoms with van der Waals surface area (Å²) in [7, 11) is 0. The number of amides is 1. The summed E-state index contributed by atoms with van der Waals surface area (Å²) in [4.78, 5) is 26.2. The smallest absolute Gasteiger partial charge is 0.410 e. The van der Waals surface area contributed by atoms with Crippen molar-refractivity contribution in [3.63, 3.8) is 0 Å². The Bertz CT molecular complexity index is 893. The van der Waals surface area contributed by atoms with Crippen LogP contribution in [-0.2, 0) is 20.9 Å². The zero-order chi connectivity index (χ0) is 21.9.